The van der Waals surface area contributed by atoms with Crippen LogP contribution in [0.1, 0.15) is 18.4 Å². The average Bonchev–Trinajstić information content (AvgIpc) is 2.38. The SMILES string of the molecule is FCC1CNCCC1CCc1ccccc1. The Morgan fingerprint density at radius 2 is 2.00 bits per heavy atom. The lowest BCUT2D eigenvalue weighted by atomic mass is 9.83. The van der Waals surface area contributed by atoms with Crippen LogP contribution in [0.2, 0.25) is 0 Å². The summed E-state index contributed by atoms with van der Waals surface area (Å²) >= 11 is 0. The number of nitrogens with one attached hydrogen (secondary N) is 1. The lowest BCUT2D eigenvalue weighted by Crippen LogP contribution is -2.37. The van der Waals surface area contributed by atoms with Crippen molar-refractivity contribution in [3.8, 4) is 0 Å². The summed E-state index contributed by atoms with van der Waals surface area (Å²) in [7, 11) is 0. The predicted octanol–water partition coefficient (Wildman–Crippen LogP) is 2.81. The largest absolute Gasteiger partial charge is 0.316 e. The Kier molecular flexibility index (Phi) is 4.34. The highest BCUT2D eigenvalue weighted by Gasteiger charge is 2.24. The third-order valence-corrected chi connectivity index (χ3v) is 3.61. The average molecular weight is 221 g/mol. The zero-order chi connectivity index (χ0) is 11.2. The van der Waals surface area contributed by atoms with Crippen LogP contribution < -0.4 is 5.32 Å². The number of rotatable bonds is 4. The van der Waals surface area contributed by atoms with E-state index < -0.39 is 0 Å². The molecular weight excluding hydrogens is 201 g/mol. The van der Waals surface area contributed by atoms with Gasteiger partial charge in [-0.2, -0.15) is 0 Å². The molecule has 1 nitrogen and oxygen atoms in total. The molecular formula is C14H20FN. The Morgan fingerprint density at radius 3 is 2.75 bits per heavy atom. The Hall–Kier alpha value is -0.890. The molecule has 1 aromatic rings. The van der Waals surface area contributed by atoms with Crippen LogP contribution in [-0.4, -0.2) is 19.8 Å². The van der Waals surface area contributed by atoms with Gasteiger partial charge in [0.15, 0.2) is 0 Å². The molecule has 0 aromatic heterocycles. The standard InChI is InChI=1S/C14H20FN/c15-10-14-11-16-9-8-13(14)7-6-12-4-2-1-3-5-12/h1-5,13-14,16H,6-11H2. The minimum atomic E-state index is -0.174. The van der Waals surface area contributed by atoms with E-state index in [0.717, 1.165) is 32.4 Å². The Bertz CT molecular complexity index is 299. The van der Waals surface area contributed by atoms with Gasteiger partial charge in [0.05, 0.1) is 6.67 Å². The zero-order valence-corrected chi connectivity index (χ0v) is 9.66. The van der Waals surface area contributed by atoms with Gasteiger partial charge in [-0.25, -0.2) is 0 Å². The molecule has 0 radical (unpaired) electrons. The minimum absolute atomic E-state index is 0.174. The van der Waals surface area contributed by atoms with Crippen molar-refractivity contribution in [2.75, 3.05) is 19.8 Å². The maximum atomic E-state index is 12.8. The van der Waals surface area contributed by atoms with Gasteiger partial charge in [0, 0.05) is 12.5 Å². The fraction of sp³-hybridized carbons (Fsp3) is 0.571. The van der Waals surface area contributed by atoms with Crippen LogP contribution in [0, 0.1) is 11.8 Å². The second-order valence-corrected chi connectivity index (χ2v) is 4.69. The summed E-state index contributed by atoms with van der Waals surface area (Å²) in [6.45, 7) is 1.73. The molecule has 0 aliphatic carbocycles. The van der Waals surface area contributed by atoms with Gasteiger partial charge in [-0.3, -0.25) is 4.39 Å². The van der Waals surface area contributed by atoms with Crippen molar-refractivity contribution in [2.24, 2.45) is 11.8 Å². The second kappa shape index (κ2) is 6.00. The van der Waals surface area contributed by atoms with Crippen LogP contribution in [0.4, 0.5) is 4.39 Å². The Morgan fingerprint density at radius 1 is 1.19 bits per heavy atom. The van der Waals surface area contributed by atoms with Crippen LogP contribution in [0.3, 0.4) is 0 Å². The smallest absolute Gasteiger partial charge is 0.0937 e. The number of benzene rings is 1. The number of hydrogen-bond donors (Lipinski definition) is 1. The van der Waals surface area contributed by atoms with Crippen LogP contribution in [0.25, 0.3) is 0 Å². The first-order valence-electron chi connectivity index (χ1n) is 6.20. The Balaban J connectivity index is 1.84. The van der Waals surface area contributed by atoms with Crippen molar-refractivity contribution >= 4 is 0 Å². The highest BCUT2D eigenvalue weighted by atomic mass is 19.1. The fourth-order valence-electron chi connectivity index (χ4n) is 2.53. The lowest BCUT2D eigenvalue weighted by molar-refractivity contribution is 0.197. The molecule has 2 atom stereocenters. The van der Waals surface area contributed by atoms with Crippen molar-refractivity contribution in [3.63, 3.8) is 0 Å². The van der Waals surface area contributed by atoms with Crippen LogP contribution in [0.5, 0.6) is 0 Å². The zero-order valence-electron chi connectivity index (χ0n) is 9.66. The van der Waals surface area contributed by atoms with Gasteiger partial charge in [0.1, 0.15) is 0 Å². The molecule has 1 N–H and O–H groups in total. The normalized spacial score (nSPS) is 25.6. The first-order chi connectivity index (χ1) is 7.90. The van der Waals surface area contributed by atoms with Crippen molar-refractivity contribution in [1.82, 2.24) is 5.32 Å². The highest BCUT2D eigenvalue weighted by molar-refractivity contribution is 5.14. The maximum absolute atomic E-state index is 12.8. The summed E-state index contributed by atoms with van der Waals surface area (Å²) in [5.74, 6) is 0.795. The number of aryl methyl sites for hydroxylation is 1. The molecule has 0 bridgehead atoms. The van der Waals surface area contributed by atoms with Crippen molar-refractivity contribution in [2.45, 2.75) is 19.3 Å². The van der Waals surface area contributed by atoms with E-state index in [9.17, 15) is 4.39 Å². The molecule has 0 amide bonds. The summed E-state index contributed by atoms with van der Waals surface area (Å²) in [5, 5.41) is 3.27. The number of hydrogen-bond acceptors (Lipinski definition) is 1. The molecule has 1 heterocycles. The van der Waals surface area contributed by atoms with Crippen LogP contribution in [0.15, 0.2) is 30.3 Å². The van der Waals surface area contributed by atoms with Gasteiger partial charge < -0.3 is 5.32 Å². The fourth-order valence-corrected chi connectivity index (χ4v) is 2.53. The third kappa shape index (κ3) is 3.05. The van der Waals surface area contributed by atoms with Crippen molar-refractivity contribution in [3.05, 3.63) is 35.9 Å². The molecule has 0 saturated carbocycles. The Labute approximate surface area is 97.1 Å². The van der Waals surface area contributed by atoms with E-state index in [2.05, 4.69) is 29.6 Å². The summed E-state index contributed by atoms with van der Waals surface area (Å²) in [6.07, 6.45) is 3.34. The molecule has 1 aliphatic heterocycles. The number of piperidine rings is 1. The van der Waals surface area contributed by atoms with E-state index in [1.54, 1.807) is 0 Å². The third-order valence-electron chi connectivity index (χ3n) is 3.61. The first-order valence-corrected chi connectivity index (χ1v) is 6.20. The minimum Gasteiger partial charge on any atom is -0.316 e. The summed E-state index contributed by atoms with van der Waals surface area (Å²) < 4.78 is 12.8. The maximum Gasteiger partial charge on any atom is 0.0937 e. The molecule has 1 aliphatic rings. The molecule has 2 unspecified atom stereocenters. The van der Waals surface area contributed by atoms with Gasteiger partial charge in [-0.1, -0.05) is 30.3 Å². The molecule has 2 rings (SSSR count). The van der Waals surface area contributed by atoms with Gasteiger partial charge in [0.25, 0.3) is 0 Å². The van der Waals surface area contributed by atoms with Crippen LogP contribution >= 0.6 is 0 Å². The van der Waals surface area contributed by atoms with E-state index in [0.29, 0.717) is 5.92 Å². The van der Waals surface area contributed by atoms with E-state index in [1.165, 1.54) is 5.56 Å². The van der Waals surface area contributed by atoms with Gasteiger partial charge in [0.2, 0.25) is 0 Å². The summed E-state index contributed by atoms with van der Waals surface area (Å²) in [4.78, 5) is 0. The molecule has 2 heteroatoms. The molecule has 1 aromatic carbocycles. The lowest BCUT2D eigenvalue weighted by Gasteiger charge is -2.30. The molecule has 16 heavy (non-hydrogen) atoms. The quantitative estimate of drug-likeness (QED) is 0.824. The monoisotopic (exact) mass is 221 g/mol. The molecule has 88 valence electrons. The molecule has 0 spiro atoms. The van der Waals surface area contributed by atoms with Crippen molar-refractivity contribution in [1.29, 1.82) is 0 Å². The van der Waals surface area contributed by atoms with E-state index in [4.69, 9.17) is 0 Å². The first kappa shape index (κ1) is 11.6. The second-order valence-electron chi connectivity index (χ2n) is 4.69. The predicted molar refractivity (Wildman–Crippen MR) is 65.2 cm³/mol. The van der Waals surface area contributed by atoms with Gasteiger partial charge in [-0.05, 0) is 37.3 Å². The van der Waals surface area contributed by atoms with E-state index >= 15 is 0 Å². The van der Waals surface area contributed by atoms with Gasteiger partial charge >= 0.3 is 0 Å². The topological polar surface area (TPSA) is 12.0 Å². The van der Waals surface area contributed by atoms with Crippen LogP contribution in [-0.2, 0) is 6.42 Å². The summed E-state index contributed by atoms with van der Waals surface area (Å²) in [6, 6.07) is 10.5. The van der Waals surface area contributed by atoms with E-state index in [-0.39, 0.29) is 12.6 Å². The molecule has 1 saturated heterocycles. The molecule has 1 fully saturated rings. The summed E-state index contributed by atoms with van der Waals surface area (Å²) in [5.41, 5.74) is 1.37. The number of halogens is 1. The highest BCUT2D eigenvalue weighted by Crippen LogP contribution is 2.24. The van der Waals surface area contributed by atoms with Crippen molar-refractivity contribution < 1.29 is 4.39 Å². The number of alkyl halides is 1. The van der Waals surface area contributed by atoms with E-state index in [1.807, 2.05) is 6.07 Å². The van der Waals surface area contributed by atoms with Gasteiger partial charge in [-0.15, -0.1) is 0 Å².